The van der Waals surface area contributed by atoms with Gasteiger partial charge in [0.05, 0.1) is 11.6 Å². The third-order valence-electron chi connectivity index (χ3n) is 0.973. The molecule has 1 rings (SSSR count). The van der Waals surface area contributed by atoms with Crippen molar-refractivity contribution in [3.63, 3.8) is 0 Å². The van der Waals surface area contributed by atoms with Gasteiger partial charge in [0.2, 0.25) is 0 Å². The fourth-order valence-electron chi connectivity index (χ4n) is 0.524. The first-order valence-corrected chi connectivity index (χ1v) is 3.48. The Hall–Kier alpha value is -1.36. The molecule has 0 fully saturated rings. The molecule has 1 aromatic rings. The maximum absolute atomic E-state index is 12.1. The summed E-state index contributed by atoms with van der Waals surface area (Å²) in [5.74, 6) is -0.311. The van der Waals surface area contributed by atoms with Gasteiger partial charge in [-0.05, 0) is 24.3 Å². The van der Waals surface area contributed by atoms with Gasteiger partial charge in [0.15, 0.2) is 0 Å². The summed E-state index contributed by atoms with van der Waals surface area (Å²) in [4.78, 5) is 0. The van der Waals surface area contributed by atoms with Crippen molar-refractivity contribution >= 4 is 0 Å². The fraction of sp³-hybridized carbons (Fsp3) is 0.222. The zero-order chi connectivity index (χ0) is 8.69. The molecular weight excluding hydrogens is 141 g/mol. The largest absolute Gasteiger partial charge is 0.207 e. The highest BCUT2D eigenvalue weighted by Crippen LogP contribution is 1.99. The topological polar surface area (TPSA) is 23.8 Å². The monoisotopic (exact) mass is 151 g/mol. The number of benzene rings is 1. The summed E-state index contributed by atoms with van der Waals surface area (Å²) in [5, 5.41) is 8.26. The van der Waals surface area contributed by atoms with Crippen LogP contribution in [0.1, 0.15) is 19.4 Å². The molecule has 0 saturated heterocycles. The van der Waals surface area contributed by atoms with E-state index in [1.807, 2.05) is 19.9 Å². The van der Waals surface area contributed by atoms with E-state index in [0.717, 1.165) is 0 Å². The molecule has 0 aromatic heterocycles. The minimum Gasteiger partial charge on any atom is -0.207 e. The maximum atomic E-state index is 12.1. The van der Waals surface area contributed by atoms with E-state index in [9.17, 15) is 4.39 Å². The van der Waals surface area contributed by atoms with Crippen LogP contribution in [0.4, 0.5) is 4.39 Å². The Morgan fingerprint density at radius 3 is 2.00 bits per heavy atom. The van der Waals surface area contributed by atoms with Gasteiger partial charge in [-0.2, -0.15) is 5.26 Å². The van der Waals surface area contributed by atoms with Crippen molar-refractivity contribution in [1.82, 2.24) is 0 Å². The predicted octanol–water partition coefficient (Wildman–Crippen LogP) is 2.72. The van der Waals surface area contributed by atoms with Crippen LogP contribution >= 0.6 is 0 Å². The lowest BCUT2D eigenvalue weighted by Crippen LogP contribution is -1.73. The molecule has 0 amide bonds. The average Bonchev–Trinajstić information content (AvgIpc) is 2.10. The van der Waals surface area contributed by atoms with Crippen molar-refractivity contribution in [2.75, 3.05) is 0 Å². The van der Waals surface area contributed by atoms with Crippen LogP contribution in [0.15, 0.2) is 24.3 Å². The molecule has 0 radical (unpaired) electrons. The molecule has 0 heterocycles. The van der Waals surface area contributed by atoms with Crippen molar-refractivity contribution in [2.24, 2.45) is 0 Å². The van der Waals surface area contributed by atoms with Crippen LogP contribution in [0.2, 0.25) is 0 Å². The lowest BCUT2D eigenvalue weighted by atomic mass is 10.2. The molecule has 0 spiro atoms. The molecule has 1 aromatic carbocycles. The van der Waals surface area contributed by atoms with Crippen molar-refractivity contribution < 1.29 is 4.39 Å². The summed E-state index contributed by atoms with van der Waals surface area (Å²) in [7, 11) is 0. The fourth-order valence-corrected chi connectivity index (χ4v) is 0.524. The maximum Gasteiger partial charge on any atom is 0.123 e. The summed E-state index contributed by atoms with van der Waals surface area (Å²) in [6.07, 6.45) is 0. The number of nitrogens with zero attached hydrogens (tertiary/aromatic N) is 1. The van der Waals surface area contributed by atoms with Gasteiger partial charge in [0, 0.05) is 0 Å². The molecule has 0 bridgehead atoms. The highest BCUT2D eigenvalue weighted by molar-refractivity contribution is 5.28. The van der Waals surface area contributed by atoms with E-state index in [1.165, 1.54) is 24.3 Å². The van der Waals surface area contributed by atoms with Crippen LogP contribution < -0.4 is 0 Å². The molecule has 2 heteroatoms. The molecule has 0 aliphatic rings. The van der Waals surface area contributed by atoms with E-state index in [-0.39, 0.29) is 5.82 Å². The van der Waals surface area contributed by atoms with Crippen molar-refractivity contribution in [3.8, 4) is 6.07 Å². The van der Waals surface area contributed by atoms with E-state index in [4.69, 9.17) is 5.26 Å². The molecule has 0 saturated carbocycles. The Balaban J connectivity index is 0.000000461. The van der Waals surface area contributed by atoms with Crippen molar-refractivity contribution in [1.29, 1.82) is 5.26 Å². The zero-order valence-electron chi connectivity index (χ0n) is 6.63. The summed E-state index contributed by atoms with van der Waals surface area (Å²) in [6, 6.07) is 7.29. The number of nitriles is 1. The molecule has 1 nitrogen and oxygen atoms in total. The highest BCUT2D eigenvalue weighted by Gasteiger charge is 1.87. The number of hydrogen-bond donors (Lipinski definition) is 0. The summed E-state index contributed by atoms with van der Waals surface area (Å²) < 4.78 is 12.1. The standard InChI is InChI=1S/C7H4FN.C2H6/c8-7-3-1-6(5-9)2-4-7;1-2/h1-4H;1-2H3. The average molecular weight is 151 g/mol. The van der Waals surface area contributed by atoms with Gasteiger partial charge in [-0.25, -0.2) is 4.39 Å². The van der Waals surface area contributed by atoms with Gasteiger partial charge in [0.1, 0.15) is 5.82 Å². The number of halogens is 1. The van der Waals surface area contributed by atoms with Crippen LogP contribution in [-0.2, 0) is 0 Å². The molecule has 0 unspecified atom stereocenters. The van der Waals surface area contributed by atoms with Crippen LogP contribution in [0, 0.1) is 17.1 Å². The van der Waals surface area contributed by atoms with E-state index in [1.54, 1.807) is 0 Å². The Kier molecular flexibility index (Phi) is 4.76. The highest BCUT2D eigenvalue weighted by atomic mass is 19.1. The van der Waals surface area contributed by atoms with Gasteiger partial charge < -0.3 is 0 Å². The lowest BCUT2D eigenvalue weighted by molar-refractivity contribution is 0.627. The van der Waals surface area contributed by atoms with Gasteiger partial charge in [-0.1, -0.05) is 13.8 Å². The predicted molar refractivity (Wildman–Crippen MR) is 42.5 cm³/mol. The van der Waals surface area contributed by atoms with E-state index in [2.05, 4.69) is 0 Å². The van der Waals surface area contributed by atoms with Crippen LogP contribution in [-0.4, -0.2) is 0 Å². The second kappa shape index (κ2) is 5.43. The molecule has 58 valence electrons. The third kappa shape index (κ3) is 3.36. The summed E-state index contributed by atoms with van der Waals surface area (Å²) in [6.45, 7) is 4.00. The van der Waals surface area contributed by atoms with Crippen LogP contribution in [0.25, 0.3) is 0 Å². The van der Waals surface area contributed by atoms with Gasteiger partial charge in [-0.3, -0.25) is 0 Å². The van der Waals surface area contributed by atoms with Gasteiger partial charge in [-0.15, -0.1) is 0 Å². The minimum absolute atomic E-state index is 0.311. The Morgan fingerprint density at radius 2 is 1.64 bits per heavy atom. The smallest absolute Gasteiger partial charge is 0.123 e. The van der Waals surface area contributed by atoms with Crippen molar-refractivity contribution in [3.05, 3.63) is 35.6 Å². The SMILES string of the molecule is CC.N#Cc1ccc(F)cc1. The second-order valence-corrected chi connectivity index (χ2v) is 1.62. The van der Waals surface area contributed by atoms with E-state index in [0.29, 0.717) is 5.56 Å². The Labute approximate surface area is 66.1 Å². The second-order valence-electron chi connectivity index (χ2n) is 1.62. The molecule has 0 aliphatic heterocycles. The van der Waals surface area contributed by atoms with Gasteiger partial charge >= 0.3 is 0 Å². The van der Waals surface area contributed by atoms with Crippen molar-refractivity contribution in [2.45, 2.75) is 13.8 Å². The summed E-state index contributed by atoms with van der Waals surface area (Å²) in [5.41, 5.74) is 0.483. The van der Waals surface area contributed by atoms with Crippen LogP contribution in [0.5, 0.6) is 0 Å². The molecule has 11 heavy (non-hydrogen) atoms. The first-order valence-electron chi connectivity index (χ1n) is 3.48. The third-order valence-corrected chi connectivity index (χ3v) is 0.973. The Bertz CT molecular complexity index is 233. The first-order chi connectivity index (χ1) is 5.33. The number of rotatable bonds is 0. The Morgan fingerprint density at radius 1 is 1.18 bits per heavy atom. The normalized spacial score (nSPS) is 7.45. The van der Waals surface area contributed by atoms with E-state index >= 15 is 0 Å². The lowest BCUT2D eigenvalue weighted by Gasteiger charge is -1.84. The molecule has 0 N–H and O–H groups in total. The van der Waals surface area contributed by atoms with Crippen LogP contribution in [0.3, 0.4) is 0 Å². The number of hydrogen-bond acceptors (Lipinski definition) is 1. The first kappa shape index (κ1) is 9.64. The minimum atomic E-state index is -0.311. The van der Waals surface area contributed by atoms with Gasteiger partial charge in [0.25, 0.3) is 0 Å². The molecular formula is C9H10FN. The van der Waals surface area contributed by atoms with E-state index < -0.39 is 0 Å². The zero-order valence-corrected chi connectivity index (χ0v) is 6.63. The quantitative estimate of drug-likeness (QED) is 0.559. The molecule has 0 atom stereocenters. The molecule has 0 aliphatic carbocycles. The summed E-state index contributed by atoms with van der Waals surface area (Å²) >= 11 is 0.